The molecule has 24 heavy (non-hydrogen) atoms. The Bertz CT molecular complexity index is 770. The summed E-state index contributed by atoms with van der Waals surface area (Å²) >= 11 is 0. The Morgan fingerprint density at radius 1 is 0.667 bits per heavy atom. The van der Waals surface area contributed by atoms with Crippen molar-refractivity contribution in [3.63, 3.8) is 0 Å². The van der Waals surface area contributed by atoms with Crippen LogP contribution in [0.1, 0.15) is 42.5 Å². The van der Waals surface area contributed by atoms with Gasteiger partial charge in [0.2, 0.25) is 0 Å². The van der Waals surface area contributed by atoms with Gasteiger partial charge in [0, 0.05) is 17.6 Å². The number of nitrogens with zero attached hydrogens (tertiary/aromatic N) is 1. The van der Waals surface area contributed by atoms with E-state index in [2.05, 4.69) is 104 Å². The van der Waals surface area contributed by atoms with Gasteiger partial charge in [0.1, 0.15) is 0 Å². The standard InChI is InChI=1S/C23H23N/c1-17-18(2)24(22-16-10-9-15-21(17)22)23(19-11-5-3-6-12-19)20-13-7-4-8-14-20/h3-18,23H,1-2H3/t17-,18-/m0/s1. The van der Waals surface area contributed by atoms with E-state index in [1.54, 1.807) is 0 Å². The molecule has 0 aromatic heterocycles. The molecule has 0 amide bonds. The van der Waals surface area contributed by atoms with Crippen molar-refractivity contribution in [2.75, 3.05) is 4.90 Å². The zero-order valence-corrected chi connectivity index (χ0v) is 14.3. The molecule has 3 aromatic carbocycles. The van der Waals surface area contributed by atoms with Crippen LogP contribution in [0.2, 0.25) is 0 Å². The number of benzene rings is 3. The van der Waals surface area contributed by atoms with Crippen molar-refractivity contribution in [3.05, 3.63) is 102 Å². The third kappa shape index (κ3) is 2.41. The van der Waals surface area contributed by atoms with Crippen LogP contribution in [0.3, 0.4) is 0 Å². The Morgan fingerprint density at radius 2 is 1.17 bits per heavy atom. The Balaban J connectivity index is 1.89. The highest BCUT2D eigenvalue weighted by molar-refractivity contribution is 5.64. The Hall–Kier alpha value is -2.54. The normalized spacial score (nSPS) is 19.5. The van der Waals surface area contributed by atoms with Gasteiger partial charge >= 0.3 is 0 Å². The predicted molar refractivity (Wildman–Crippen MR) is 102 cm³/mol. The second-order valence-electron chi connectivity index (χ2n) is 6.72. The summed E-state index contributed by atoms with van der Waals surface area (Å²) in [5.74, 6) is 0.538. The van der Waals surface area contributed by atoms with E-state index >= 15 is 0 Å². The van der Waals surface area contributed by atoms with Crippen molar-refractivity contribution in [2.24, 2.45) is 0 Å². The Morgan fingerprint density at radius 3 is 1.75 bits per heavy atom. The minimum atomic E-state index is 0.244. The highest BCUT2D eigenvalue weighted by Crippen LogP contribution is 2.46. The molecular formula is C23H23N. The van der Waals surface area contributed by atoms with Crippen LogP contribution in [0.25, 0.3) is 0 Å². The third-order valence-electron chi connectivity index (χ3n) is 5.38. The lowest BCUT2D eigenvalue weighted by molar-refractivity contribution is 0.558. The largest absolute Gasteiger partial charge is 0.357 e. The van der Waals surface area contributed by atoms with Crippen LogP contribution in [0, 0.1) is 0 Å². The van der Waals surface area contributed by atoms with Crippen molar-refractivity contribution in [2.45, 2.75) is 31.8 Å². The molecule has 2 atom stereocenters. The number of rotatable bonds is 3. The third-order valence-corrected chi connectivity index (χ3v) is 5.38. The maximum absolute atomic E-state index is 2.60. The first-order chi connectivity index (χ1) is 11.8. The lowest BCUT2D eigenvalue weighted by atomic mass is 9.95. The zero-order chi connectivity index (χ0) is 16.5. The van der Waals surface area contributed by atoms with Crippen LogP contribution >= 0.6 is 0 Å². The summed E-state index contributed by atoms with van der Waals surface area (Å²) in [6, 6.07) is 31.3. The minimum absolute atomic E-state index is 0.244. The zero-order valence-electron chi connectivity index (χ0n) is 14.3. The number of anilines is 1. The van der Waals surface area contributed by atoms with Gasteiger partial charge in [-0.15, -0.1) is 0 Å². The molecule has 0 saturated heterocycles. The summed E-state index contributed by atoms with van der Waals surface area (Å²) < 4.78 is 0. The fourth-order valence-corrected chi connectivity index (χ4v) is 3.99. The second kappa shape index (κ2) is 6.16. The Labute approximate surface area is 144 Å². The number of fused-ring (bicyclic) bond motifs is 1. The predicted octanol–water partition coefficient (Wildman–Crippen LogP) is 5.79. The highest BCUT2D eigenvalue weighted by Gasteiger charge is 2.37. The molecule has 0 fully saturated rings. The molecule has 0 aliphatic carbocycles. The summed E-state index contributed by atoms with van der Waals surface area (Å²) in [5, 5.41) is 0. The summed E-state index contributed by atoms with van der Waals surface area (Å²) in [5.41, 5.74) is 5.52. The van der Waals surface area contributed by atoms with Crippen LogP contribution in [0.4, 0.5) is 5.69 Å². The molecule has 120 valence electrons. The summed E-state index contributed by atoms with van der Waals surface area (Å²) in [4.78, 5) is 2.60. The van der Waals surface area contributed by atoms with Gasteiger partial charge < -0.3 is 4.90 Å². The van der Waals surface area contributed by atoms with Crippen LogP contribution in [0.15, 0.2) is 84.9 Å². The Kier molecular flexibility index (Phi) is 3.86. The van der Waals surface area contributed by atoms with E-state index in [1.165, 1.54) is 22.4 Å². The SMILES string of the molecule is C[C@@H]1c2ccccc2N(C(c2ccccc2)c2ccccc2)[C@H]1C. The van der Waals surface area contributed by atoms with Crippen molar-refractivity contribution >= 4 is 5.69 Å². The van der Waals surface area contributed by atoms with E-state index in [0.717, 1.165) is 0 Å². The van der Waals surface area contributed by atoms with Crippen LogP contribution in [-0.2, 0) is 0 Å². The van der Waals surface area contributed by atoms with Gasteiger partial charge in [0.25, 0.3) is 0 Å². The van der Waals surface area contributed by atoms with E-state index < -0.39 is 0 Å². The summed E-state index contributed by atoms with van der Waals surface area (Å²) in [7, 11) is 0. The fraction of sp³-hybridized carbons (Fsp3) is 0.217. The molecule has 0 radical (unpaired) electrons. The van der Waals surface area contributed by atoms with Gasteiger partial charge in [-0.05, 0) is 29.7 Å². The van der Waals surface area contributed by atoms with Crippen molar-refractivity contribution in [1.29, 1.82) is 0 Å². The lowest BCUT2D eigenvalue weighted by Crippen LogP contribution is -2.35. The average Bonchev–Trinajstić information content (AvgIpc) is 2.90. The molecule has 1 heterocycles. The summed E-state index contributed by atoms with van der Waals surface area (Å²) in [6.07, 6.45) is 0. The van der Waals surface area contributed by atoms with Gasteiger partial charge in [-0.2, -0.15) is 0 Å². The molecule has 0 bridgehead atoms. The maximum Gasteiger partial charge on any atom is 0.0799 e. The van der Waals surface area contributed by atoms with Gasteiger partial charge in [0.05, 0.1) is 6.04 Å². The molecule has 0 saturated carbocycles. The molecule has 4 rings (SSSR count). The number of para-hydroxylation sites is 1. The quantitative estimate of drug-likeness (QED) is 0.591. The van der Waals surface area contributed by atoms with E-state index in [-0.39, 0.29) is 6.04 Å². The first-order valence-electron chi connectivity index (χ1n) is 8.74. The van der Waals surface area contributed by atoms with Crippen molar-refractivity contribution in [1.82, 2.24) is 0 Å². The number of hydrogen-bond acceptors (Lipinski definition) is 1. The average molecular weight is 313 g/mol. The molecular weight excluding hydrogens is 290 g/mol. The highest BCUT2D eigenvalue weighted by atomic mass is 15.2. The smallest absolute Gasteiger partial charge is 0.0799 e. The van der Waals surface area contributed by atoms with Gasteiger partial charge in [-0.3, -0.25) is 0 Å². The molecule has 1 aliphatic heterocycles. The summed E-state index contributed by atoms with van der Waals surface area (Å²) in [6.45, 7) is 4.69. The van der Waals surface area contributed by atoms with Crippen molar-refractivity contribution in [3.8, 4) is 0 Å². The van der Waals surface area contributed by atoms with E-state index in [0.29, 0.717) is 12.0 Å². The van der Waals surface area contributed by atoms with Crippen LogP contribution < -0.4 is 4.90 Å². The van der Waals surface area contributed by atoms with Gasteiger partial charge in [-0.25, -0.2) is 0 Å². The second-order valence-corrected chi connectivity index (χ2v) is 6.72. The molecule has 0 unspecified atom stereocenters. The molecule has 1 nitrogen and oxygen atoms in total. The van der Waals surface area contributed by atoms with Gasteiger partial charge in [-0.1, -0.05) is 85.8 Å². The first-order valence-corrected chi connectivity index (χ1v) is 8.74. The molecule has 1 aliphatic rings. The molecule has 3 aromatic rings. The first kappa shape index (κ1) is 15.0. The minimum Gasteiger partial charge on any atom is -0.357 e. The topological polar surface area (TPSA) is 3.24 Å². The fourth-order valence-electron chi connectivity index (χ4n) is 3.99. The molecule has 0 spiro atoms. The monoisotopic (exact) mass is 313 g/mol. The van der Waals surface area contributed by atoms with Crippen LogP contribution in [0.5, 0.6) is 0 Å². The number of hydrogen-bond donors (Lipinski definition) is 0. The van der Waals surface area contributed by atoms with E-state index in [9.17, 15) is 0 Å². The van der Waals surface area contributed by atoms with Crippen LogP contribution in [-0.4, -0.2) is 6.04 Å². The molecule has 1 heteroatoms. The van der Waals surface area contributed by atoms with Crippen molar-refractivity contribution < 1.29 is 0 Å². The maximum atomic E-state index is 2.60. The molecule has 0 N–H and O–H groups in total. The van der Waals surface area contributed by atoms with E-state index in [1.807, 2.05) is 0 Å². The van der Waals surface area contributed by atoms with E-state index in [4.69, 9.17) is 0 Å². The lowest BCUT2D eigenvalue weighted by Gasteiger charge is -2.36. The van der Waals surface area contributed by atoms with Gasteiger partial charge in [0.15, 0.2) is 0 Å².